The van der Waals surface area contributed by atoms with Gasteiger partial charge in [0.25, 0.3) is 0 Å². The van der Waals surface area contributed by atoms with E-state index in [4.69, 9.17) is 0 Å². The largest absolute Gasteiger partial charge is 0.339 e. The Labute approximate surface area is 200 Å². The molecule has 0 aliphatic carbocycles. The van der Waals surface area contributed by atoms with Crippen LogP contribution >= 0.6 is 11.3 Å². The van der Waals surface area contributed by atoms with E-state index in [-0.39, 0.29) is 5.91 Å². The molecule has 1 aliphatic rings. The van der Waals surface area contributed by atoms with Crippen LogP contribution in [0.5, 0.6) is 0 Å². The minimum atomic E-state index is 0.186. The zero-order valence-corrected chi connectivity index (χ0v) is 20.2. The second kappa shape index (κ2) is 11.3. The van der Waals surface area contributed by atoms with Crippen LogP contribution in [0, 0.1) is 5.92 Å². The van der Waals surface area contributed by atoms with Crippen molar-refractivity contribution in [1.29, 1.82) is 0 Å². The van der Waals surface area contributed by atoms with Gasteiger partial charge in [0.15, 0.2) is 0 Å². The first-order valence-corrected chi connectivity index (χ1v) is 12.5. The SMILES string of the molecule is CC(C)CC(=O)N1CCCN(c2ncccn2)CCN(Cc2nccs2)Cc2ccccc21. The number of aromatic nitrogens is 3. The van der Waals surface area contributed by atoms with Crippen molar-refractivity contribution in [3.63, 3.8) is 0 Å². The molecule has 7 nitrogen and oxygen atoms in total. The second-order valence-electron chi connectivity index (χ2n) is 8.80. The molecule has 0 saturated carbocycles. The summed E-state index contributed by atoms with van der Waals surface area (Å²) < 4.78 is 0. The molecule has 174 valence electrons. The first-order chi connectivity index (χ1) is 16.1. The topological polar surface area (TPSA) is 65.5 Å². The molecule has 3 heterocycles. The molecule has 0 bridgehead atoms. The van der Waals surface area contributed by atoms with E-state index in [1.807, 2.05) is 28.6 Å². The standard InChI is InChI=1S/C25H32N6OS/c1-20(2)17-24(32)31-13-6-12-30(25-27-9-5-10-28-25)15-14-29(19-23-26-11-16-33-23)18-21-7-3-4-8-22(21)31/h3-5,7-11,16,20H,6,12-15,17-19H2,1-2H3. The molecule has 0 unspecified atom stereocenters. The fraction of sp³-hybridized carbons (Fsp3) is 0.440. The number of para-hydroxylation sites is 1. The number of carbonyl (C=O) groups excluding carboxylic acids is 1. The number of hydrogen-bond donors (Lipinski definition) is 0. The Balaban J connectivity index is 1.66. The lowest BCUT2D eigenvalue weighted by molar-refractivity contribution is -0.119. The maximum absolute atomic E-state index is 13.3. The fourth-order valence-corrected chi connectivity index (χ4v) is 4.83. The third-order valence-electron chi connectivity index (χ3n) is 5.73. The summed E-state index contributed by atoms with van der Waals surface area (Å²) in [6.45, 7) is 8.87. The zero-order chi connectivity index (χ0) is 23.0. The predicted octanol–water partition coefficient (Wildman–Crippen LogP) is 4.22. The number of thiazole rings is 1. The molecule has 0 spiro atoms. The number of carbonyl (C=O) groups is 1. The molecule has 1 aliphatic heterocycles. The molecule has 0 N–H and O–H groups in total. The van der Waals surface area contributed by atoms with Crippen molar-refractivity contribution < 1.29 is 4.79 Å². The highest BCUT2D eigenvalue weighted by Gasteiger charge is 2.23. The van der Waals surface area contributed by atoms with Gasteiger partial charge in [-0.3, -0.25) is 9.69 Å². The monoisotopic (exact) mass is 464 g/mol. The lowest BCUT2D eigenvalue weighted by Gasteiger charge is -2.28. The summed E-state index contributed by atoms with van der Waals surface area (Å²) in [6.07, 6.45) is 6.83. The van der Waals surface area contributed by atoms with Crippen LogP contribution in [0.1, 0.15) is 37.3 Å². The minimum Gasteiger partial charge on any atom is -0.339 e. The summed E-state index contributed by atoms with van der Waals surface area (Å²) in [7, 11) is 0. The average Bonchev–Trinajstić information content (AvgIpc) is 3.31. The molecule has 8 heteroatoms. The molecule has 0 radical (unpaired) electrons. The van der Waals surface area contributed by atoms with Gasteiger partial charge < -0.3 is 9.80 Å². The van der Waals surface area contributed by atoms with E-state index in [0.29, 0.717) is 18.9 Å². The van der Waals surface area contributed by atoms with E-state index < -0.39 is 0 Å². The summed E-state index contributed by atoms with van der Waals surface area (Å²) in [5.41, 5.74) is 2.20. The van der Waals surface area contributed by atoms with Crippen molar-refractivity contribution in [2.24, 2.45) is 5.92 Å². The van der Waals surface area contributed by atoms with Gasteiger partial charge in [0.05, 0.1) is 6.54 Å². The lowest BCUT2D eigenvalue weighted by atomic mass is 10.1. The highest BCUT2D eigenvalue weighted by Crippen LogP contribution is 2.26. The van der Waals surface area contributed by atoms with E-state index in [2.05, 4.69) is 56.8 Å². The number of fused-ring (bicyclic) bond motifs is 1. The van der Waals surface area contributed by atoms with Gasteiger partial charge in [-0.05, 0) is 30.0 Å². The first-order valence-electron chi connectivity index (χ1n) is 11.6. The number of benzene rings is 1. The van der Waals surface area contributed by atoms with Gasteiger partial charge in [-0.15, -0.1) is 11.3 Å². The Morgan fingerprint density at radius 1 is 1.00 bits per heavy atom. The Kier molecular flexibility index (Phi) is 8.01. The maximum Gasteiger partial charge on any atom is 0.227 e. The van der Waals surface area contributed by atoms with Crippen molar-refractivity contribution in [3.05, 3.63) is 64.9 Å². The van der Waals surface area contributed by atoms with Crippen LogP contribution in [0.4, 0.5) is 11.6 Å². The normalized spacial score (nSPS) is 15.8. The van der Waals surface area contributed by atoms with Gasteiger partial charge in [-0.25, -0.2) is 15.0 Å². The quantitative estimate of drug-likeness (QED) is 0.563. The fourth-order valence-electron chi connectivity index (χ4n) is 4.17. The van der Waals surface area contributed by atoms with Crippen LogP contribution < -0.4 is 9.80 Å². The van der Waals surface area contributed by atoms with Crippen molar-refractivity contribution in [1.82, 2.24) is 19.9 Å². The lowest BCUT2D eigenvalue weighted by Crippen LogP contribution is -2.37. The van der Waals surface area contributed by atoms with Crippen LogP contribution in [0.25, 0.3) is 0 Å². The maximum atomic E-state index is 13.3. The van der Waals surface area contributed by atoms with E-state index in [9.17, 15) is 4.79 Å². The molecule has 2 aromatic heterocycles. The van der Waals surface area contributed by atoms with Gasteiger partial charge in [0.1, 0.15) is 5.01 Å². The molecule has 1 aromatic carbocycles. The van der Waals surface area contributed by atoms with Gasteiger partial charge in [0.2, 0.25) is 11.9 Å². The molecule has 0 atom stereocenters. The van der Waals surface area contributed by atoms with E-state index in [1.54, 1.807) is 23.7 Å². The summed E-state index contributed by atoms with van der Waals surface area (Å²) >= 11 is 1.68. The molecular formula is C25H32N6OS. The number of amides is 1. The van der Waals surface area contributed by atoms with Crippen LogP contribution in [-0.4, -0.2) is 51.9 Å². The number of rotatable bonds is 5. The van der Waals surface area contributed by atoms with Gasteiger partial charge in [-0.1, -0.05) is 32.0 Å². The second-order valence-corrected chi connectivity index (χ2v) is 9.78. The van der Waals surface area contributed by atoms with E-state index in [1.165, 1.54) is 5.56 Å². The summed E-state index contributed by atoms with van der Waals surface area (Å²) in [4.78, 5) is 33.4. The van der Waals surface area contributed by atoms with E-state index >= 15 is 0 Å². The minimum absolute atomic E-state index is 0.186. The number of nitrogens with zero attached hydrogens (tertiary/aromatic N) is 6. The first kappa shape index (κ1) is 23.3. The molecule has 4 rings (SSSR count). The summed E-state index contributed by atoms with van der Waals surface area (Å²) in [5, 5.41) is 3.11. The molecular weight excluding hydrogens is 432 g/mol. The van der Waals surface area contributed by atoms with Crippen molar-refractivity contribution in [3.8, 4) is 0 Å². The third-order valence-corrected chi connectivity index (χ3v) is 6.50. The predicted molar refractivity (Wildman–Crippen MR) is 133 cm³/mol. The molecule has 3 aromatic rings. The third kappa shape index (κ3) is 6.36. The zero-order valence-electron chi connectivity index (χ0n) is 19.4. The molecule has 33 heavy (non-hydrogen) atoms. The number of hydrogen-bond acceptors (Lipinski definition) is 7. The smallest absolute Gasteiger partial charge is 0.227 e. The molecule has 1 amide bonds. The van der Waals surface area contributed by atoms with Crippen LogP contribution in [0.15, 0.2) is 54.3 Å². The van der Waals surface area contributed by atoms with E-state index in [0.717, 1.165) is 55.8 Å². The van der Waals surface area contributed by atoms with Crippen LogP contribution in [0.2, 0.25) is 0 Å². The van der Waals surface area contributed by atoms with Gasteiger partial charge in [-0.2, -0.15) is 0 Å². The summed E-state index contributed by atoms with van der Waals surface area (Å²) in [6, 6.07) is 10.2. The Hall–Kier alpha value is -2.84. The van der Waals surface area contributed by atoms with Crippen molar-refractivity contribution >= 4 is 28.9 Å². The Bertz CT molecular complexity index is 1010. The van der Waals surface area contributed by atoms with Gasteiger partial charge >= 0.3 is 0 Å². The molecule has 0 fully saturated rings. The molecule has 0 saturated heterocycles. The van der Waals surface area contributed by atoms with Crippen molar-refractivity contribution in [2.45, 2.75) is 39.8 Å². The number of anilines is 2. The van der Waals surface area contributed by atoms with Gasteiger partial charge in [0, 0.05) is 68.8 Å². The van der Waals surface area contributed by atoms with Crippen LogP contribution in [-0.2, 0) is 17.9 Å². The van der Waals surface area contributed by atoms with Crippen LogP contribution in [0.3, 0.4) is 0 Å². The average molecular weight is 465 g/mol. The highest BCUT2D eigenvalue weighted by molar-refractivity contribution is 7.09. The van der Waals surface area contributed by atoms with Crippen molar-refractivity contribution in [2.75, 3.05) is 36.0 Å². The Morgan fingerprint density at radius 2 is 1.82 bits per heavy atom. The highest BCUT2D eigenvalue weighted by atomic mass is 32.1. The summed E-state index contributed by atoms with van der Waals surface area (Å²) in [5.74, 6) is 1.24. The Morgan fingerprint density at radius 3 is 2.58 bits per heavy atom.